The summed E-state index contributed by atoms with van der Waals surface area (Å²) in [6.07, 6.45) is -0.130. The molecule has 2 aromatic carbocycles. The lowest BCUT2D eigenvalue weighted by Crippen LogP contribution is -2.74. The molecule has 2 N–H and O–H groups in total. The van der Waals surface area contributed by atoms with Gasteiger partial charge in [0.1, 0.15) is 5.60 Å². The van der Waals surface area contributed by atoms with Crippen molar-refractivity contribution in [3.8, 4) is 0 Å². The molecule has 0 aromatic heterocycles. The molecule has 9 nitrogen and oxygen atoms in total. The minimum atomic E-state index is -2.05. The van der Waals surface area contributed by atoms with Crippen LogP contribution in [0.1, 0.15) is 54.8 Å². The van der Waals surface area contributed by atoms with Gasteiger partial charge in [0.05, 0.1) is 16.8 Å². The summed E-state index contributed by atoms with van der Waals surface area (Å²) < 4.78 is 5.37. The number of amides is 5. The molecule has 1 atom stereocenters. The maximum Gasteiger partial charge on any atom is 0.339 e. The number of hydrogen-bond acceptors (Lipinski definition) is 6. The number of benzene rings is 2. The number of barbiturate groups is 1. The van der Waals surface area contributed by atoms with E-state index in [4.69, 9.17) is 4.74 Å². The molecule has 1 heterocycles. The molecule has 9 heteroatoms. The van der Waals surface area contributed by atoms with Crippen LogP contribution in [-0.4, -0.2) is 40.9 Å². The van der Waals surface area contributed by atoms with Crippen LogP contribution >= 0.6 is 0 Å². The van der Waals surface area contributed by atoms with E-state index in [1.165, 1.54) is 31.2 Å². The number of esters is 1. The van der Waals surface area contributed by atoms with Crippen LogP contribution in [0.2, 0.25) is 0 Å². The number of para-hydroxylation sites is 1. The predicted molar refractivity (Wildman–Crippen MR) is 120 cm³/mol. The van der Waals surface area contributed by atoms with Crippen LogP contribution < -0.4 is 15.5 Å². The van der Waals surface area contributed by atoms with Crippen molar-refractivity contribution in [2.24, 2.45) is 0 Å². The van der Waals surface area contributed by atoms with Gasteiger partial charge in [0.2, 0.25) is 0 Å². The minimum Gasteiger partial charge on any atom is -0.456 e. The molecule has 172 valence electrons. The molecule has 0 radical (unpaired) electrons. The van der Waals surface area contributed by atoms with Crippen LogP contribution in [0, 0.1) is 0 Å². The Balaban J connectivity index is 1.98. The third-order valence-electron chi connectivity index (χ3n) is 5.04. The molecule has 1 saturated heterocycles. The maximum absolute atomic E-state index is 13.4. The molecular weight excluding hydrogens is 426 g/mol. The second kappa shape index (κ2) is 8.85. The van der Waals surface area contributed by atoms with E-state index in [0.29, 0.717) is 0 Å². The minimum absolute atomic E-state index is 0.0177. The van der Waals surface area contributed by atoms with Gasteiger partial charge in [-0.15, -0.1) is 0 Å². The molecule has 2 aromatic rings. The summed E-state index contributed by atoms with van der Waals surface area (Å²) in [7, 11) is 0. The van der Waals surface area contributed by atoms with Crippen molar-refractivity contribution in [3.63, 3.8) is 0 Å². The zero-order valence-electron chi connectivity index (χ0n) is 18.8. The first-order valence-corrected chi connectivity index (χ1v) is 10.4. The van der Waals surface area contributed by atoms with Crippen LogP contribution in [0.25, 0.3) is 0 Å². The largest absolute Gasteiger partial charge is 0.456 e. The van der Waals surface area contributed by atoms with Gasteiger partial charge in [-0.05, 0) is 51.5 Å². The fourth-order valence-electron chi connectivity index (χ4n) is 3.42. The van der Waals surface area contributed by atoms with E-state index in [0.717, 1.165) is 4.90 Å². The van der Waals surface area contributed by atoms with Gasteiger partial charge in [-0.25, -0.2) is 14.5 Å². The van der Waals surface area contributed by atoms with Crippen LogP contribution in [0.4, 0.5) is 10.5 Å². The Hall–Kier alpha value is -4.01. The van der Waals surface area contributed by atoms with Gasteiger partial charge >= 0.3 is 12.0 Å². The van der Waals surface area contributed by atoms with E-state index in [-0.39, 0.29) is 23.2 Å². The van der Waals surface area contributed by atoms with Crippen LogP contribution in [0.15, 0.2) is 54.6 Å². The summed E-state index contributed by atoms with van der Waals surface area (Å²) in [5, 5.41) is 4.62. The normalized spacial score (nSPS) is 18.5. The monoisotopic (exact) mass is 451 g/mol. The lowest BCUT2D eigenvalue weighted by atomic mass is 9.90. The van der Waals surface area contributed by atoms with Crippen molar-refractivity contribution in [2.75, 3.05) is 4.90 Å². The zero-order chi connectivity index (χ0) is 24.4. The third-order valence-corrected chi connectivity index (χ3v) is 5.04. The summed E-state index contributed by atoms with van der Waals surface area (Å²) in [5.74, 6) is -3.40. The average molecular weight is 451 g/mol. The van der Waals surface area contributed by atoms with E-state index < -0.39 is 40.9 Å². The number of rotatable bonds is 5. The predicted octanol–water partition coefficient (Wildman–Crippen LogP) is 2.80. The Morgan fingerprint density at radius 2 is 1.55 bits per heavy atom. The molecule has 1 fully saturated rings. The van der Waals surface area contributed by atoms with E-state index in [1.807, 2.05) is 0 Å². The number of carbonyl (C=O) groups is 5. The first-order valence-electron chi connectivity index (χ1n) is 10.4. The van der Waals surface area contributed by atoms with Crippen LogP contribution in [0.3, 0.4) is 0 Å². The Morgan fingerprint density at radius 1 is 0.970 bits per heavy atom. The highest BCUT2D eigenvalue weighted by Gasteiger charge is 2.54. The van der Waals surface area contributed by atoms with Crippen LogP contribution in [-0.2, 0) is 14.3 Å². The number of anilines is 1. The number of imide groups is 2. The smallest absolute Gasteiger partial charge is 0.339 e. The van der Waals surface area contributed by atoms with Gasteiger partial charge in [0.15, 0.2) is 5.54 Å². The number of nitrogens with one attached hydrogen (secondary N) is 2. The van der Waals surface area contributed by atoms with Crippen molar-refractivity contribution in [2.45, 2.75) is 45.3 Å². The van der Waals surface area contributed by atoms with Crippen LogP contribution in [0.5, 0.6) is 0 Å². The van der Waals surface area contributed by atoms with Crippen molar-refractivity contribution < 1.29 is 28.7 Å². The summed E-state index contributed by atoms with van der Waals surface area (Å²) >= 11 is 0. The molecule has 0 bridgehead atoms. The zero-order valence-corrected chi connectivity index (χ0v) is 18.8. The first kappa shape index (κ1) is 23.6. The second-order valence-electron chi connectivity index (χ2n) is 8.50. The fourth-order valence-corrected chi connectivity index (χ4v) is 3.42. The Labute approximate surface area is 191 Å². The number of carbonyl (C=O) groups excluding carboxylic acids is 5. The van der Waals surface area contributed by atoms with E-state index in [9.17, 15) is 24.0 Å². The Morgan fingerprint density at radius 3 is 2.12 bits per heavy atom. The van der Waals surface area contributed by atoms with Crippen molar-refractivity contribution >= 4 is 35.4 Å². The molecule has 33 heavy (non-hydrogen) atoms. The lowest BCUT2D eigenvalue weighted by molar-refractivity contribution is -0.137. The van der Waals surface area contributed by atoms with E-state index in [2.05, 4.69) is 10.6 Å². The molecule has 0 aliphatic carbocycles. The number of nitrogens with zero attached hydrogens (tertiary/aromatic N) is 1. The first-order chi connectivity index (χ1) is 15.5. The maximum atomic E-state index is 13.4. The quantitative estimate of drug-likeness (QED) is 0.533. The highest BCUT2D eigenvalue weighted by atomic mass is 16.6. The molecule has 3 rings (SSSR count). The van der Waals surface area contributed by atoms with Gasteiger partial charge in [-0.2, -0.15) is 0 Å². The van der Waals surface area contributed by atoms with Crippen molar-refractivity contribution in [1.82, 2.24) is 10.6 Å². The molecule has 1 aliphatic rings. The topological polar surface area (TPSA) is 122 Å². The SMILES string of the molecule is CCC1(NC(=O)c2ccccc2C(=O)OC(C)(C)C)C(=O)NC(=O)N(c2ccccc2)C1=O. The van der Waals surface area contributed by atoms with E-state index in [1.54, 1.807) is 51.1 Å². The van der Waals surface area contributed by atoms with Gasteiger partial charge in [0, 0.05) is 0 Å². The van der Waals surface area contributed by atoms with E-state index >= 15 is 0 Å². The third kappa shape index (κ3) is 4.62. The highest BCUT2D eigenvalue weighted by molar-refractivity contribution is 6.33. The molecular formula is C24H25N3O6. The molecule has 1 aliphatic heterocycles. The number of ether oxygens (including phenoxy) is 1. The summed E-state index contributed by atoms with van der Waals surface area (Å²) in [6.45, 7) is 6.62. The highest BCUT2D eigenvalue weighted by Crippen LogP contribution is 2.26. The van der Waals surface area contributed by atoms with Gasteiger partial charge in [0.25, 0.3) is 17.7 Å². The van der Waals surface area contributed by atoms with Gasteiger partial charge in [-0.1, -0.05) is 37.3 Å². The molecule has 1 unspecified atom stereocenters. The lowest BCUT2D eigenvalue weighted by Gasteiger charge is -2.39. The van der Waals surface area contributed by atoms with Crippen molar-refractivity contribution in [1.29, 1.82) is 0 Å². The molecule has 0 spiro atoms. The van der Waals surface area contributed by atoms with Gasteiger partial charge < -0.3 is 10.1 Å². The average Bonchev–Trinajstić information content (AvgIpc) is 2.76. The molecule has 0 saturated carbocycles. The van der Waals surface area contributed by atoms with Gasteiger partial charge in [-0.3, -0.25) is 19.7 Å². The summed E-state index contributed by atoms with van der Waals surface area (Å²) in [6, 6.07) is 13.1. The standard InChI is InChI=1S/C24H25N3O6/c1-5-24(20(30)25-22(32)27(21(24)31)15-11-7-6-8-12-15)26-18(28)16-13-9-10-14-17(16)19(29)33-23(2,3)4/h6-14H,5H2,1-4H3,(H,26,28)(H,25,30,32). The summed E-state index contributed by atoms with van der Waals surface area (Å²) in [5.41, 5.74) is -2.68. The molecule has 5 amide bonds. The summed E-state index contributed by atoms with van der Waals surface area (Å²) in [4.78, 5) is 65.4. The van der Waals surface area contributed by atoms with Crippen molar-refractivity contribution in [3.05, 3.63) is 65.7 Å². The fraction of sp³-hybridized carbons (Fsp3) is 0.292. The number of urea groups is 1. The Kier molecular flexibility index (Phi) is 6.34. The number of hydrogen-bond donors (Lipinski definition) is 2. The second-order valence-corrected chi connectivity index (χ2v) is 8.50. The Bertz CT molecular complexity index is 1120.